The lowest BCUT2D eigenvalue weighted by molar-refractivity contribution is -0.137. The van der Waals surface area contributed by atoms with Crippen LogP contribution in [-0.2, 0) is 16.1 Å². The summed E-state index contributed by atoms with van der Waals surface area (Å²) in [5.41, 5.74) is 3.16. The number of likely N-dealkylation sites (tertiary alicyclic amines) is 1. The molecule has 2 aromatic carbocycles. The molecular weight excluding hydrogens is 488 g/mol. The third kappa shape index (κ3) is 5.92. The van der Waals surface area contributed by atoms with Crippen LogP contribution in [0, 0.1) is 0 Å². The minimum atomic E-state index is -0.329. The van der Waals surface area contributed by atoms with Crippen LogP contribution in [0.2, 0.25) is 0 Å². The molecule has 2 amide bonds. The van der Waals surface area contributed by atoms with E-state index in [9.17, 15) is 9.59 Å². The quantitative estimate of drug-likeness (QED) is 0.290. The van der Waals surface area contributed by atoms with Gasteiger partial charge in [-0.3, -0.25) is 19.5 Å². The van der Waals surface area contributed by atoms with E-state index < -0.39 is 0 Å². The van der Waals surface area contributed by atoms with Crippen LogP contribution in [0.1, 0.15) is 42.4 Å². The van der Waals surface area contributed by atoms with Crippen molar-refractivity contribution in [2.75, 3.05) is 7.11 Å². The number of halogens is 1. The average molecular weight is 517 g/mol. The SMILES string of the molecule is COc1cc(/C=C2\C(=O)N(Cc3ccncc3)C(=O)\C2=C\c2ccccc2)ccc1OC1CCCC1.Cl. The van der Waals surface area contributed by atoms with Gasteiger partial charge in [0.25, 0.3) is 11.8 Å². The van der Waals surface area contributed by atoms with E-state index >= 15 is 0 Å². The Balaban J connectivity index is 0.00000320. The molecule has 0 N–H and O–H groups in total. The predicted molar refractivity (Wildman–Crippen MR) is 145 cm³/mol. The molecule has 1 aromatic heterocycles. The second-order valence-corrected chi connectivity index (χ2v) is 9.01. The number of pyridine rings is 1. The molecule has 1 saturated carbocycles. The van der Waals surface area contributed by atoms with Crippen molar-refractivity contribution in [1.82, 2.24) is 9.88 Å². The van der Waals surface area contributed by atoms with Crippen molar-refractivity contribution in [3.05, 3.63) is 101 Å². The highest BCUT2D eigenvalue weighted by Crippen LogP contribution is 2.35. The second kappa shape index (κ2) is 11.9. The number of rotatable bonds is 7. The first-order valence-corrected chi connectivity index (χ1v) is 12.2. The lowest BCUT2D eigenvalue weighted by atomic mass is 10.0. The molecule has 3 aromatic rings. The molecule has 190 valence electrons. The summed E-state index contributed by atoms with van der Waals surface area (Å²) in [4.78, 5) is 32.2. The fourth-order valence-corrected chi connectivity index (χ4v) is 4.65. The highest BCUT2D eigenvalue weighted by molar-refractivity contribution is 6.28. The van der Waals surface area contributed by atoms with E-state index in [1.165, 1.54) is 17.7 Å². The van der Waals surface area contributed by atoms with E-state index in [1.54, 1.807) is 43.8 Å². The Morgan fingerprint density at radius 2 is 1.51 bits per heavy atom. The van der Waals surface area contributed by atoms with E-state index in [0.29, 0.717) is 22.6 Å². The van der Waals surface area contributed by atoms with Crippen molar-refractivity contribution in [1.29, 1.82) is 0 Å². The van der Waals surface area contributed by atoms with Gasteiger partial charge in [-0.25, -0.2) is 0 Å². The summed E-state index contributed by atoms with van der Waals surface area (Å²) in [5, 5.41) is 0. The summed E-state index contributed by atoms with van der Waals surface area (Å²) in [5.74, 6) is 0.652. The first-order valence-electron chi connectivity index (χ1n) is 12.2. The molecule has 2 aliphatic rings. The van der Waals surface area contributed by atoms with Crippen LogP contribution in [0.25, 0.3) is 12.2 Å². The van der Waals surface area contributed by atoms with Crippen LogP contribution in [0.4, 0.5) is 0 Å². The number of hydrogen-bond acceptors (Lipinski definition) is 5. The fourth-order valence-electron chi connectivity index (χ4n) is 4.65. The second-order valence-electron chi connectivity index (χ2n) is 9.01. The van der Waals surface area contributed by atoms with Gasteiger partial charge in [-0.05, 0) is 78.8 Å². The van der Waals surface area contributed by atoms with Crippen LogP contribution in [0.3, 0.4) is 0 Å². The maximum absolute atomic E-state index is 13.5. The number of methoxy groups -OCH3 is 1. The summed E-state index contributed by atoms with van der Waals surface area (Å²) < 4.78 is 11.7. The van der Waals surface area contributed by atoms with Gasteiger partial charge in [0, 0.05) is 12.4 Å². The van der Waals surface area contributed by atoms with Crippen molar-refractivity contribution in [2.45, 2.75) is 38.3 Å². The van der Waals surface area contributed by atoms with Crippen molar-refractivity contribution < 1.29 is 19.1 Å². The standard InChI is InChI=1S/C30H28N2O4.ClH/c1-35-28-19-23(11-12-27(28)36-24-9-5-6-10-24)18-26-25(17-21-7-3-2-4-8-21)29(33)32(30(26)34)20-22-13-15-31-16-14-22;/h2-4,7-8,11-19,24H,5-6,9-10,20H2,1H3;1H/b25-17+,26-18-;. The lowest BCUT2D eigenvalue weighted by Crippen LogP contribution is -2.29. The molecule has 1 saturated heterocycles. The van der Waals surface area contributed by atoms with E-state index in [0.717, 1.165) is 29.5 Å². The Morgan fingerprint density at radius 3 is 2.16 bits per heavy atom. The molecule has 37 heavy (non-hydrogen) atoms. The molecular formula is C30H29ClN2O4. The molecule has 1 aliphatic carbocycles. The number of amides is 2. The molecule has 2 fully saturated rings. The number of imide groups is 1. The summed E-state index contributed by atoms with van der Waals surface area (Å²) in [6, 6.07) is 18.8. The zero-order chi connectivity index (χ0) is 24.9. The minimum Gasteiger partial charge on any atom is -0.493 e. The predicted octanol–water partition coefficient (Wildman–Crippen LogP) is 5.87. The Bertz CT molecular complexity index is 1320. The summed E-state index contributed by atoms with van der Waals surface area (Å²) >= 11 is 0. The highest BCUT2D eigenvalue weighted by Gasteiger charge is 2.38. The summed E-state index contributed by atoms with van der Waals surface area (Å²) in [7, 11) is 1.61. The molecule has 5 rings (SSSR count). The first kappa shape index (κ1) is 26.2. The number of carbonyl (C=O) groups excluding carboxylic acids is 2. The van der Waals surface area contributed by atoms with E-state index in [1.807, 2.05) is 48.5 Å². The molecule has 7 heteroatoms. The summed E-state index contributed by atoms with van der Waals surface area (Å²) in [6.45, 7) is 0.182. The maximum Gasteiger partial charge on any atom is 0.261 e. The van der Waals surface area contributed by atoms with E-state index in [-0.39, 0.29) is 36.9 Å². The normalized spacial score (nSPS) is 17.9. The van der Waals surface area contributed by atoms with Crippen LogP contribution in [-0.4, -0.2) is 34.9 Å². The van der Waals surface area contributed by atoms with Gasteiger partial charge in [0.2, 0.25) is 0 Å². The average Bonchev–Trinajstić information content (AvgIpc) is 3.50. The van der Waals surface area contributed by atoms with Crippen molar-refractivity contribution >= 4 is 36.4 Å². The smallest absolute Gasteiger partial charge is 0.261 e. The van der Waals surface area contributed by atoms with Gasteiger partial charge in [-0.15, -0.1) is 12.4 Å². The molecule has 0 unspecified atom stereocenters. The zero-order valence-corrected chi connectivity index (χ0v) is 21.4. The van der Waals surface area contributed by atoms with Gasteiger partial charge in [0.15, 0.2) is 11.5 Å². The number of nitrogens with zero attached hydrogens (tertiary/aromatic N) is 2. The van der Waals surface area contributed by atoms with Gasteiger partial charge in [0.05, 0.1) is 30.9 Å². The number of carbonyl (C=O) groups is 2. The molecule has 6 nitrogen and oxygen atoms in total. The van der Waals surface area contributed by atoms with Gasteiger partial charge < -0.3 is 9.47 Å². The third-order valence-electron chi connectivity index (χ3n) is 6.54. The van der Waals surface area contributed by atoms with E-state index in [4.69, 9.17) is 9.47 Å². The van der Waals surface area contributed by atoms with Crippen LogP contribution in [0.15, 0.2) is 84.2 Å². The van der Waals surface area contributed by atoms with E-state index in [2.05, 4.69) is 4.98 Å². The van der Waals surface area contributed by atoms with Crippen LogP contribution < -0.4 is 9.47 Å². The largest absolute Gasteiger partial charge is 0.493 e. The van der Waals surface area contributed by atoms with Gasteiger partial charge in [0.1, 0.15) is 0 Å². The highest BCUT2D eigenvalue weighted by atomic mass is 35.5. The Kier molecular flexibility index (Phi) is 8.41. The fraction of sp³-hybridized carbons (Fsp3) is 0.233. The number of ether oxygens (including phenoxy) is 2. The molecule has 2 heterocycles. The van der Waals surface area contributed by atoms with Crippen molar-refractivity contribution in [3.63, 3.8) is 0 Å². The molecule has 1 aliphatic heterocycles. The minimum absolute atomic E-state index is 0. The lowest BCUT2D eigenvalue weighted by Gasteiger charge is -2.16. The van der Waals surface area contributed by atoms with Crippen molar-refractivity contribution in [2.24, 2.45) is 0 Å². The molecule has 0 atom stereocenters. The number of aromatic nitrogens is 1. The number of hydrogen-bond donors (Lipinski definition) is 0. The van der Waals surface area contributed by atoms with Crippen molar-refractivity contribution in [3.8, 4) is 11.5 Å². The molecule has 0 bridgehead atoms. The monoisotopic (exact) mass is 516 g/mol. The Morgan fingerprint density at radius 1 is 0.865 bits per heavy atom. The molecule has 0 radical (unpaired) electrons. The van der Waals surface area contributed by atoms with Crippen LogP contribution in [0.5, 0.6) is 11.5 Å². The maximum atomic E-state index is 13.5. The van der Waals surface area contributed by atoms with Gasteiger partial charge in [-0.2, -0.15) is 0 Å². The van der Waals surface area contributed by atoms with Gasteiger partial charge >= 0.3 is 0 Å². The topological polar surface area (TPSA) is 68.7 Å². The van der Waals surface area contributed by atoms with Gasteiger partial charge in [-0.1, -0.05) is 36.4 Å². The Labute approximate surface area is 223 Å². The van der Waals surface area contributed by atoms with Crippen LogP contribution >= 0.6 is 12.4 Å². The zero-order valence-electron chi connectivity index (χ0n) is 20.6. The third-order valence-corrected chi connectivity index (χ3v) is 6.54. The number of benzene rings is 2. The Hall–Kier alpha value is -3.90. The summed E-state index contributed by atoms with van der Waals surface area (Å²) in [6.07, 6.45) is 11.5. The molecule has 0 spiro atoms. The first-order chi connectivity index (χ1) is 17.6.